The molecule has 0 spiro atoms. The van der Waals surface area contributed by atoms with E-state index in [1.54, 1.807) is 30.0 Å². The number of para-hydroxylation sites is 1. The van der Waals surface area contributed by atoms with Crippen LogP contribution in [0.2, 0.25) is 0 Å². The van der Waals surface area contributed by atoms with Gasteiger partial charge in [0.05, 0.1) is 5.69 Å². The van der Waals surface area contributed by atoms with Crippen LogP contribution in [0.5, 0.6) is 0 Å². The summed E-state index contributed by atoms with van der Waals surface area (Å²) in [5.74, 6) is 0. The molecule has 20 heavy (non-hydrogen) atoms. The van der Waals surface area contributed by atoms with E-state index in [1.807, 2.05) is 26.2 Å². The molecule has 0 saturated carbocycles. The van der Waals surface area contributed by atoms with E-state index in [-0.39, 0.29) is 10.8 Å². The lowest BCUT2D eigenvalue weighted by atomic mass is 10.2. The van der Waals surface area contributed by atoms with Gasteiger partial charge in [-0.1, -0.05) is 12.1 Å². The van der Waals surface area contributed by atoms with Crippen LogP contribution in [-0.2, 0) is 10.0 Å². The fourth-order valence-corrected chi connectivity index (χ4v) is 3.25. The summed E-state index contributed by atoms with van der Waals surface area (Å²) in [6.07, 6.45) is 2.05. The Hall–Kier alpha value is -0.720. The summed E-state index contributed by atoms with van der Waals surface area (Å²) in [6, 6.07) is 6.86. The molecule has 0 heterocycles. The maximum Gasteiger partial charge on any atom is 0.242 e. The highest BCUT2D eigenvalue weighted by Crippen LogP contribution is 2.25. The van der Waals surface area contributed by atoms with Crippen LogP contribution in [0, 0.1) is 0 Å². The number of hydrogen-bond donors (Lipinski definition) is 2. The first-order chi connectivity index (χ1) is 9.18. The molecular weight excluding hydrogens is 292 g/mol. The largest absolute Gasteiger partial charge is 0.383 e. The molecule has 0 fully saturated rings. The molecule has 1 aromatic carbocycles. The Bertz CT molecular complexity index is 540. The van der Waals surface area contributed by atoms with Gasteiger partial charge in [0, 0.05) is 17.3 Å². The Morgan fingerprint density at radius 3 is 2.40 bits per heavy atom. The van der Waals surface area contributed by atoms with Gasteiger partial charge in [-0.25, -0.2) is 13.1 Å². The van der Waals surface area contributed by atoms with Crippen molar-refractivity contribution in [3.63, 3.8) is 0 Å². The van der Waals surface area contributed by atoms with E-state index >= 15 is 0 Å². The number of hydrogen-bond acceptors (Lipinski definition) is 4. The Labute approximate surface area is 126 Å². The van der Waals surface area contributed by atoms with Gasteiger partial charge in [0.15, 0.2) is 0 Å². The predicted molar refractivity (Wildman–Crippen MR) is 88.0 cm³/mol. The Kier molecular flexibility index (Phi) is 5.91. The number of thioether (sulfide) groups is 1. The smallest absolute Gasteiger partial charge is 0.242 e. The van der Waals surface area contributed by atoms with Gasteiger partial charge in [-0.3, -0.25) is 0 Å². The zero-order valence-electron chi connectivity index (χ0n) is 12.7. The first-order valence-corrected chi connectivity index (χ1v) is 9.29. The van der Waals surface area contributed by atoms with Crippen molar-refractivity contribution in [2.24, 2.45) is 0 Å². The van der Waals surface area contributed by atoms with Crippen LogP contribution in [0.15, 0.2) is 29.2 Å². The summed E-state index contributed by atoms with van der Waals surface area (Å²) >= 11 is 1.74. The van der Waals surface area contributed by atoms with Crippen LogP contribution < -0.4 is 10.0 Å². The zero-order chi connectivity index (χ0) is 15.4. The minimum absolute atomic E-state index is 0.0440. The lowest BCUT2D eigenvalue weighted by Crippen LogP contribution is -2.31. The van der Waals surface area contributed by atoms with Gasteiger partial charge in [-0.15, -0.1) is 0 Å². The van der Waals surface area contributed by atoms with Crippen molar-refractivity contribution in [3.8, 4) is 0 Å². The fraction of sp³-hybridized carbons (Fsp3) is 0.571. The molecule has 0 amide bonds. The second-order valence-electron chi connectivity index (χ2n) is 5.59. The molecule has 114 valence electrons. The van der Waals surface area contributed by atoms with Crippen LogP contribution in [-0.4, -0.2) is 32.0 Å². The average Bonchev–Trinajstić information content (AvgIpc) is 2.35. The molecule has 1 rings (SSSR count). The monoisotopic (exact) mass is 316 g/mol. The molecule has 0 aliphatic carbocycles. The van der Waals surface area contributed by atoms with Crippen LogP contribution in [0.1, 0.15) is 27.7 Å². The topological polar surface area (TPSA) is 58.2 Å². The van der Waals surface area contributed by atoms with E-state index in [0.717, 1.165) is 0 Å². The number of rotatable bonds is 7. The zero-order valence-corrected chi connectivity index (χ0v) is 14.4. The van der Waals surface area contributed by atoms with Gasteiger partial charge in [0.25, 0.3) is 0 Å². The first kappa shape index (κ1) is 17.3. The van der Waals surface area contributed by atoms with E-state index in [4.69, 9.17) is 0 Å². The summed E-state index contributed by atoms with van der Waals surface area (Å²) in [7, 11) is -3.48. The van der Waals surface area contributed by atoms with E-state index in [0.29, 0.717) is 17.1 Å². The minimum atomic E-state index is -3.48. The third-order valence-corrected chi connectivity index (χ3v) is 5.79. The van der Waals surface area contributed by atoms with Crippen molar-refractivity contribution in [1.82, 2.24) is 4.72 Å². The van der Waals surface area contributed by atoms with Crippen molar-refractivity contribution in [1.29, 1.82) is 0 Å². The van der Waals surface area contributed by atoms with E-state index in [9.17, 15) is 8.42 Å². The molecule has 0 atom stereocenters. The van der Waals surface area contributed by atoms with Crippen molar-refractivity contribution in [2.75, 3.05) is 18.1 Å². The standard InChI is InChI=1S/C14H24N2O2S2/c1-11(2)16-20(17,18)13-9-7-6-8-12(13)15-10-14(3,4)19-5/h6-9,11,15-16H,10H2,1-5H3. The quantitative estimate of drug-likeness (QED) is 0.812. The van der Waals surface area contributed by atoms with Crippen LogP contribution in [0.25, 0.3) is 0 Å². The molecule has 0 saturated heterocycles. The van der Waals surface area contributed by atoms with Crippen LogP contribution >= 0.6 is 11.8 Å². The molecule has 0 aromatic heterocycles. The number of benzene rings is 1. The molecule has 0 unspecified atom stereocenters. The average molecular weight is 316 g/mol. The van der Waals surface area contributed by atoms with Crippen LogP contribution in [0.4, 0.5) is 5.69 Å². The highest BCUT2D eigenvalue weighted by molar-refractivity contribution is 7.99. The Balaban J connectivity index is 3.00. The Morgan fingerprint density at radius 2 is 1.85 bits per heavy atom. The lowest BCUT2D eigenvalue weighted by Gasteiger charge is -2.24. The number of nitrogens with one attached hydrogen (secondary N) is 2. The van der Waals surface area contributed by atoms with Gasteiger partial charge in [-0.05, 0) is 46.1 Å². The fourth-order valence-electron chi connectivity index (χ4n) is 1.60. The second kappa shape index (κ2) is 6.83. The number of anilines is 1. The summed E-state index contributed by atoms with van der Waals surface area (Å²) in [6.45, 7) is 8.56. The van der Waals surface area contributed by atoms with E-state index in [1.165, 1.54) is 0 Å². The van der Waals surface area contributed by atoms with Gasteiger partial charge < -0.3 is 5.32 Å². The molecule has 0 aliphatic rings. The van der Waals surface area contributed by atoms with Crippen molar-refractivity contribution >= 4 is 27.5 Å². The van der Waals surface area contributed by atoms with Gasteiger partial charge in [0.1, 0.15) is 4.90 Å². The molecule has 4 nitrogen and oxygen atoms in total. The van der Waals surface area contributed by atoms with E-state index < -0.39 is 10.0 Å². The minimum Gasteiger partial charge on any atom is -0.383 e. The molecule has 0 bridgehead atoms. The summed E-state index contributed by atoms with van der Waals surface area (Å²) < 4.78 is 27.3. The van der Waals surface area contributed by atoms with Gasteiger partial charge in [0.2, 0.25) is 10.0 Å². The SMILES string of the molecule is CSC(C)(C)CNc1ccccc1S(=O)(=O)NC(C)C. The molecule has 1 aromatic rings. The predicted octanol–water partition coefficient (Wildman–Crippen LogP) is 2.93. The van der Waals surface area contributed by atoms with Crippen molar-refractivity contribution in [2.45, 2.75) is 43.4 Å². The first-order valence-electron chi connectivity index (χ1n) is 6.58. The molecule has 6 heteroatoms. The summed E-state index contributed by atoms with van der Waals surface area (Å²) in [5.41, 5.74) is 0.641. The highest BCUT2D eigenvalue weighted by Gasteiger charge is 2.21. The summed E-state index contributed by atoms with van der Waals surface area (Å²) in [4.78, 5) is 0.297. The molecule has 0 aliphatic heterocycles. The van der Waals surface area contributed by atoms with Crippen molar-refractivity contribution in [3.05, 3.63) is 24.3 Å². The third-order valence-electron chi connectivity index (χ3n) is 2.82. The molecule has 2 N–H and O–H groups in total. The van der Waals surface area contributed by atoms with Gasteiger partial charge in [-0.2, -0.15) is 11.8 Å². The van der Waals surface area contributed by atoms with E-state index in [2.05, 4.69) is 23.9 Å². The lowest BCUT2D eigenvalue weighted by molar-refractivity contribution is 0.570. The second-order valence-corrected chi connectivity index (χ2v) is 8.79. The molecule has 0 radical (unpaired) electrons. The highest BCUT2D eigenvalue weighted by atomic mass is 32.2. The number of sulfonamides is 1. The van der Waals surface area contributed by atoms with Crippen LogP contribution in [0.3, 0.4) is 0 Å². The maximum absolute atomic E-state index is 12.3. The maximum atomic E-state index is 12.3. The normalized spacial score (nSPS) is 12.7. The summed E-state index contributed by atoms with van der Waals surface area (Å²) in [5, 5.41) is 3.24. The van der Waals surface area contributed by atoms with Gasteiger partial charge >= 0.3 is 0 Å². The Morgan fingerprint density at radius 1 is 1.25 bits per heavy atom. The third kappa shape index (κ3) is 5.00. The molecular formula is C14H24N2O2S2. The van der Waals surface area contributed by atoms with Crippen molar-refractivity contribution < 1.29 is 8.42 Å².